The second-order valence-corrected chi connectivity index (χ2v) is 12.7. The predicted octanol–water partition coefficient (Wildman–Crippen LogP) is 10.2. The third kappa shape index (κ3) is 34.6. The Morgan fingerprint density at radius 2 is 1.04 bits per heavy atom. The molecule has 264 valence electrons. The molecule has 0 bridgehead atoms. The molecule has 0 spiro atoms. The first kappa shape index (κ1) is 43.8. The minimum atomic E-state index is -4.76. The number of ether oxygens (including phenoxy) is 2. The van der Waals surface area contributed by atoms with Crippen LogP contribution in [0.2, 0.25) is 0 Å². The molecular weight excluding hydrogens is 603 g/mol. The van der Waals surface area contributed by atoms with E-state index in [9.17, 15) is 14.2 Å². The molecule has 0 heterocycles. The molecular formula is C37H63O8P. The fourth-order valence-electron chi connectivity index (χ4n) is 4.41. The van der Waals surface area contributed by atoms with Gasteiger partial charge in [-0.3, -0.25) is 14.1 Å². The molecule has 0 rings (SSSR count). The Balaban J connectivity index is 4.10. The first-order valence-electron chi connectivity index (χ1n) is 17.6. The fourth-order valence-corrected chi connectivity index (χ4v) is 4.78. The van der Waals surface area contributed by atoms with Gasteiger partial charge >= 0.3 is 19.8 Å². The van der Waals surface area contributed by atoms with Crippen LogP contribution in [0.1, 0.15) is 142 Å². The van der Waals surface area contributed by atoms with E-state index in [-0.39, 0.29) is 19.4 Å². The predicted molar refractivity (Wildman–Crippen MR) is 188 cm³/mol. The zero-order valence-electron chi connectivity index (χ0n) is 28.7. The summed E-state index contributed by atoms with van der Waals surface area (Å²) < 4.78 is 26.2. The molecule has 9 heteroatoms. The normalized spacial score (nSPS) is 13.2. The second-order valence-electron chi connectivity index (χ2n) is 11.5. The fraction of sp³-hybridized carbons (Fsp3) is 0.676. The summed E-state index contributed by atoms with van der Waals surface area (Å²) in [5, 5.41) is 0. The van der Waals surface area contributed by atoms with Gasteiger partial charge in [-0.25, -0.2) is 4.57 Å². The van der Waals surface area contributed by atoms with Gasteiger partial charge in [0, 0.05) is 12.8 Å². The van der Waals surface area contributed by atoms with Gasteiger partial charge in [0.2, 0.25) is 0 Å². The summed E-state index contributed by atoms with van der Waals surface area (Å²) in [7, 11) is -4.76. The highest BCUT2D eigenvalue weighted by molar-refractivity contribution is 7.46. The van der Waals surface area contributed by atoms with Gasteiger partial charge in [-0.1, -0.05) is 113 Å². The van der Waals surface area contributed by atoms with Crippen LogP contribution in [0, 0.1) is 0 Å². The van der Waals surface area contributed by atoms with Crippen LogP contribution >= 0.6 is 7.82 Å². The smallest absolute Gasteiger partial charge is 0.462 e. The van der Waals surface area contributed by atoms with Crippen molar-refractivity contribution in [3.8, 4) is 0 Å². The molecule has 0 aliphatic heterocycles. The molecule has 0 unspecified atom stereocenters. The van der Waals surface area contributed by atoms with Gasteiger partial charge in [0.1, 0.15) is 6.61 Å². The number of rotatable bonds is 31. The molecule has 0 aromatic carbocycles. The van der Waals surface area contributed by atoms with Crippen molar-refractivity contribution in [3.05, 3.63) is 60.8 Å². The van der Waals surface area contributed by atoms with Gasteiger partial charge in [0.15, 0.2) is 6.10 Å². The lowest BCUT2D eigenvalue weighted by molar-refractivity contribution is -0.161. The Hall–Kier alpha value is -2.25. The van der Waals surface area contributed by atoms with E-state index in [0.717, 1.165) is 77.0 Å². The van der Waals surface area contributed by atoms with Crippen molar-refractivity contribution in [3.63, 3.8) is 0 Å². The average Bonchev–Trinajstić information content (AvgIpc) is 3.02. The largest absolute Gasteiger partial charge is 0.469 e. The van der Waals surface area contributed by atoms with E-state index in [0.29, 0.717) is 12.8 Å². The molecule has 0 aliphatic rings. The first-order valence-corrected chi connectivity index (χ1v) is 19.1. The van der Waals surface area contributed by atoms with Crippen molar-refractivity contribution in [2.75, 3.05) is 13.2 Å². The number of hydrogen-bond donors (Lipinski definition) is 2. The van der Waals surface area contributed by atoms with Crippen LogP contribution in [0.25, 0.3) is 0 Å². The van der Waals surface area contributed by atoms with Gasteiger partial charge in [0.25, 0.3) is 0 Å². The van der Waals surface area contributed by atoms with E-state index in [1.165, 1.54) is 25.7 Å². The van der Waals surface area contributed by atoms with Crippen molar-refractivity contribution >= 4 is 19.8 Å². The van der Waals surface area contributed by atoms with Crippen molar-refractivity contribution in [1.29, 1.82) is 0 Å². The molecule has 2 N–H and O–H groups in total. The molecule has 0 aliphatic carbocycles. The number of phosphoric ester groups is 1. The van der Waals surface area contributed by atoms with Gasteiger partial charge in [-0.2, -0.15) is 0 Å². The summed E-state index contributed by atoms with van der Waals surface area (Å²) in [6, 6.07) is 0. The molecule has 1 atom stereocenters. The maximum atomic E-state index is 12.3. The van der Waals surface area contributed by atoms with Crippen molar-refractivity contribution < 1.29 is 37.9 Å². The molecule has 0 fully saturated rings. The van der Waals surface area contributed by atoms with Crippen LogP contribution in [-0.2, 0) is 28.2 Å². The van der Waals surface area contributed by atoms with E-state index >= 15 is 0 Å². The number of carbonyl (C=O) groups is 2. The summed E-state index contributed by atoms with van der Waals surface area (Å²) in [6.07, 6.45) is 39.4. The van der Waals surface area contributed by atoms with Crippen LogP contribution in [0.4, 0.5) is 0 Å². The van der Waals surface area contributed by atoms with Gasteiger partial charge in [0.05, 0.1) is 6.61 Å². The number of esters is 2. The molecule has 0 aromatic heterocycles. The molecule has 0 aromatic rings. The van der Waals surface area contributed by atoms with Gasteiger partial charge in [-0.15, -0.1) is 0 Å². The Labute approximate surface area is 279 Å². The van der Waals surface area contributed by atoms with E-state index < -0.39 is 32.5 Å². The van der Waals surface area contributed by atoms with Crippen LogP contribution in [-0.4, -0.2) is 41.0 Å². The number of allylic oxidation sites excluding steroid dienone is 10. The monoisotopic (exact) mass is 666 g/mol. The van der Waals surface area contributed by atoms with Crippen molar-refractivity contribution in [2.45, 2.75) is 148 Å². The van der Waals surface area contributed by atoms with E-state index in [1.54, 1.807) is 0 Å². The van der Waals surface area contributed by atoms with Crippen molar-refractivity contribution in [1.82, 2.24) is 0 Å². The summed E-state index contributed by atoms with van der Waals surface area (Å²) in [5.74, 6) is -0.951. The highest BCUT2D eigenvalue weighted by atomic mass is 31.2. The molecule has 8 nitrogen and oxygen atoms in total. The molecule has 0 amide bonds. The Kier molecular flexibility index (Phi) is 31.1. The lowest BCUT2D eigenvalue weighted by Crippen LogP contribution is -2.29. The maximum Gasteiger partial charge on any atom is 0.469 e. The number of hydrogen-bond acceptors (Lipinski definition) is 6. The van der Waals surface area contributed by atoms with Crippen LogP contribution < -0.4 is 0 Å². The van der Waals surface area contributed by atoms with Crippen LogP contribution in [0.15, 0.2) is 60.8 Å². The molecule has 0 saturated heterocycles. The molecule has 0 saturated carbocycles. The summed E-state index contributed by atoms with van der Waals surface area (Å²) in [5.41, 5.74) is 0. The zero-order chi connectivity index (χ0) is 34.0. The third-order valence-electron chi connectivity index (χ3n) is 7.02. The van der Waals surface area contributed by atoms with Crippen molar-refractivity contribution in [2.24, 2.45) is 0 Å². The quantitative estimate of drug-likeness (QED) is 0.0325. The lowest BCUT2D eigenvalue weighted by atomic mass is 10.1. The highest BCUT2D eigenvalue weighted by Gasteiger charge is 2.22. The summed E-state index contributed by atoms with van der Waals surface area (Å²) in [4.78, 5) is 42.6. The minimum absolute atomic E-state index is 0.190. The summed E-state index contributed by atoms with van der Waals surface area (Å²) in [6.45, 7) is 3.48. The third-order valence-corrected chi connectivity index (χ3v) is 7.51. The lowest BCUT2D eigenvalue weighted by Gasteiger charge is -2.18. The van der Waals surface area contributed by atoms with Crippen LogP contribution in [0.3, 0.4) is 0 Å². The number of phosphoric acid groups is 1. The molecule has 46 heavy (non-hydrogen) atoms. The van der Waals surface area contributed by atoms with E-state index in [1.807, 2.05) is 0 Å². The number of carbonyl (C=O) groups excluding carboxylic acids is 2. The zero-order valence-corrected chi connectivity index (χ0v) is 29.6. The summed E-state index contributed by atoms with van der Waals surface area (Å²) >= 11 is 0. The average molecular weight is 667 g/mol. The minimum Gasteiger partial charge on any atom is -0.462 e. The highest BCUT2D eigenvalue weighted by Crippen LogP contribution is 2.35. The topological polar surface area (TPSA) is 119 Å². The Bertz CT molecular complexity index is 932. The van der Waals surface area contributed by atoms with E-state index in [2.05, 4.69) is 79.1 Å². The maximum absolute atomic E-state index is 12.3. The van der Waals surface area contributed by atoms with Gasteiger partial charge in [-0.05, 0) is 77.0 Å². The van der Waals surface area contributed by atoms with Crippen LogP contribution in [0.5, 0.6) is 0 Å². The van der Waals surface area contributed by atoms with E-state index in [4.69, 9.17) is 19.3 Å². The second kappa shape index (κ2) is 32.7. The number of unbranched alkanes of at least 4 members (excludes halogenated alkanes) is 11. The standard InChI is InChI=1S/C37H63O8P/c1-3-5-7-9-11-13-15-17-18-20-21-23-25-27-29-31-36(38)43-33-35(34-44-46(40,41)42)45-37(39)32-30-28-26-24-22-19-16-14-12-10-8-6-4-2/h5,7,11,13-14,16-18,21,23,35H,3-4,6,8-10,12,15,19-20,22,24-34H2,1-2H3,(H2,40,41,42)/b7-5-,13-11-,16-14-,18-17-,23-21-/t35-/m1/s1. The van der Waals surface area contributed by atoms with Gasteiger partial charge < -0.3 is 19.3 Å². The molecule has 0 radical (unpaired) electrons. The SMILES string of the molecule is CC/C=C\C/C=C\C/C=C\C/C=C\CCCCC(=O)OC[C@H](COP(=O)(O)O)OC(=O)CCCCCCC/C=C\CCCCCC. The Morgan fingerprint density at radius 1 is 0.587 bits per heavy atom. The Morgan fingerprint density at radius 3 is 1.63 bits per heavy atom. The first-order chi connectivity index (χ1) is 22.3.